The number of para-hydroxylation sites is 1. The molecule has 0 aliphatic rings. The number of benzene rings is 2. The fourth-order valence-electron chi connectivity index (χ4n) is 2.96. The molecule has 0 unspecified atom stereocenters. The van der Waals surface area contributed by atoms with E-state index in [4.69, 9.17) is 0 Å². The van der Waals surface area contributed by atoms with Crippen LogP contribution in [0.2, 0.25) is 0 Å². The summed E-state index contributed by atoms with van der Waals surface area (Å²) in [7, 11) is 0. The van der Waals surface area contributed by atoms with Gasteiger partial charge in [0.1, 0.15) is 11.5 Å². The summed E-state index contributed by atoms with van der Waals surface area (Å²) < 4.78 is 16.0. The van der Waals surface area contributed by atoms with Crippen LogP contribution in [0, 0.1) is 5.82 Å². The number of amides is 1. The minimum Gasteiger partial charge on any atom is -0.350 e. The van der Waals surface area contributed by atoms with Crippen LogP contribution in [0.25, 0.3) is 5.69 Å². The van der Waals surface area contributed by atoms with Crippen LogP contribution in [-0.4, -0.2) is 26.8 Å². The van der Waals surface area contributed by atoms with Crippen molar-refractivity contribution >= 4 is 5.91 Å². The van der Waals surface area contributed by atoms with Gasteiger partial charge >= 0.3 is 5.69 Å². The number of aromatic nitrogens is 3. The zero-order valence-corrected chi connectivity index (χ0v) is 16.1. The monoisotopic (exact) mass is 396 g/mol. The fraction of sp³-hybridized carbons (Fsp3) is 0.238. The summed E-state index contributed by atoms with van der Waals surface area (Å²) in [4.78, 5) is 38.6. The first-order chi connectivity index (χ1) is 14.0. The van der Waals surface area contributed by atoms with Crippen molar-refractivity contribution in [1.29, 1.82) is 0 Å². The second-order valence-corrected chi connectivity index (χ2v) is 6.51. The Morgan fingerprint density at radius 2 is 1.76 bits per heavy atom. The van der Waals surface area contributed by atoms with Crippen LogP contribution < -0.4 is 16.6 Å². The van der Waals surface area contributed by atoms with Gasteiger partial charge < -0.3 is 5.32 Å². The number of rotatable bonds is 6. The molecular formula is C21H21FN4O3. The van der Waals surface area contributed by atoms with Gasteiger partial charge in [-0.05, 0) is 31.0 Å². The molecule has 0 aliphatic carbocycles. The summed E-state index contributed by atoms with van der Waals surface area (Å²) in [6, 6.07) is 13.8. The zero-order valence-electron chi connectivity index (χ0n) is 16.1. The Kier molecular flexibility index (Phi) is 6.01. The topological polar surface area (TPSA) is 86.0 Å². The summed E-state index contributed by atoms with van der Waals surface area (Å²) in [5.41, 5.74) is -1.57. The molecule has 0 saturated carbocycles. The molecule has 8 heteroatoms. The van der Waals surface area contributed by atoms with Crippen molar-refractivity contribution in [1.82, 2.24) is 19.7 Å². The molecular weight excluding hydrogens is 375 g/mol. The SMILES string of the molecule is CCCNC(=O)c1nn(-c2ccccc2F)c(=O)n([C@H](C)c2ccccc2)c1=O. The molecule has 0 aliphatic heterocycles. The van der Waals surface area contributed by atoms with Crippen molar-refractivity contribution in [3.05, 3.63) is 92.5 Å². The Hall–Kier alpha value is -3.55. The number of hydrogen-bond donors (Lipinski definition) is 1. The van der Waals surface area contributed by atoms with Gasteiger partial charge in [0.25, 0.3) is 11.5 Å². The van der Waals surface area contributed by atoms with Crippen LogP contribution in [0.4, 0.5) is 4.39 Å². The van der Waals surface area contributed by atoms with Gasteiger partial charge in [0.15, 0.2) is 0 Å². The number of hydrogen-bond acceptors (Lipinski definition) is 4. The normalized spacial score (nSPS) is 11.8. The molecule has 1 amide bonds. The van der Waals surface area contributed by atoms with Crippen molar-refractivity contribution in [2.75, 3.05) is 6.54 Å². The first kappa shape index (κ1) is 20.2. The maximum atomic E-state index is 14.4. The van der Waals surface area contributed by atoms with E-state index in [1.807, 2.05) is 13.0 Å². The van der Waals surface area contributed by atoms with E-state index in [9.17, 15) is 18.8 Å². The highest BCUT2D eigenvalue weighted by molar-refractivity contribution is 5.91. The number of carbonyl (C=O) groups excluding carboxylic acids is 1. The number of halogens is 1. The van der Waals surface area contributed by atoms with Crippen LogP contribution in [-0.2, 0) is 0 Å². The summed E-state index contributed by atoms with van der Waals surface area (Å²) in [6.45, 7) is 3.87. The summed E-state index contributed by atoms with van der Waals surface area (Å²) in [6.07, 6.45) is 0.660. The first-order valence-electron chi connectivity index (χ1n) is 9.29. The molecule has 0 bridgehead atoms. The third kappa shape index (κ3) is 4.01. The van der Waals surface area contributed by atoms with Crippen LogP contribution in [0.15, 0.2) is 64.2 Å². The quantitative estimate of drug-likeness (QED) is 0.693. The fourth-order valence-corrected chi connectivity index (χ4v) is 2.96. The maximum absolute atomic E-state index is 14.4. The molecule has 0 fully saturated rings. The molecule has 150 valence electrons. The Balaban J connectivity index is 2.28. The molecule has 1 aromatic heterocycles. The van der Waals surface area contributed by atoms with E-state index in [0.29, 0.717) is 18.5 Å². The van der Waals surface area contributed by atoms with Crippen molar-refractivity contribution in [2.24, 2.45) is 0 Å². The third-order valence-electron chi connectivity index (χ3n) is 4.51. The largest absolute Gasteiger partial charge is 0.352 e. The van der Waals surface area contributed by atoms with E-state index in [-0.39, 0.29) is 5.69 Å². The van der Waals surface area contributed by atoms with Gasteiger partial charge in [0.2, 0.25) is 5.69 Å². The number of nitrogens with zero attached hydrogens (tertiary/aromatic N) is 3. The Morgan fingerprint density at radius 1 is 1.10 bits per heavy atom. The van der Waals surface area contributed by atoms with E-state index >= 15 is 0 Å². The van der Waals surface area contributed by atoms with Crippen molar-refractivity contribution in [3.8, 4) is 5.69 Å². The van der Waals surface area contributed by atoms with E-state index in [1.165, 1.54) is 18.2 Å². The molecule has 0 spiro atoms. The Labute approximate surface area is 166 Å². The maximum Gasteiger partial charge on any atom is 0.352 e. The lowest BCUT2D eigenvalue weighted by Gasteiger charge is -2.18. The molecule has 2 aromatic carbocycles. The summed E-state index contributed by atoms with van der Waals surface area (Å²) in [5.74, 6) is -1.41. The average molecular weight is 396 g/mol. The number of nitrogens with one attached hydrogen (secondary N) is 1. The Morgan fingerprint density at radius 3 is 2.41 bits per heavy atom. The van der Waals surface area contributed by atoms with Crippen molar-refractivity contribution in [2.45, 2.75) is 26.3 Å². The standard InChI is InChI=1S/C21H21FN4O3/c1-3-13-23-19(27)18-20(28)25(14(2)15-9-5-4-6-10-15)21(29)26(24-18)17-12-8-7-11-16(17)22/h4-12,14H,3,13H2,1-2H3,(H,23,27)/t14-/m1/s1. The average Bonchev–Trinajstić information content (AvgIpc) is 2.73. The summed E-state index contributed by atoms with van der Waals surface area (Å²) in [5, 5.41) is 6.50. The van der Waals surface area contributed by atoms with Gasteiger partial charge in [0, 0.05) is 6.54 Å². The zero-order chi connectivity index (χ0) is 21.0. The predicted molar refractivity (Wildman–Crippen MR) is 107 cm³/mol. The van der Waals surface area contributed by atoms with E-state index in [0.717, 1.165) is 9.25 Å². The first-order valence-corrected chi connectivity index (χ1v) is 9.29. The second-order valence-electron chi connectivity index (χ2n) is 6.51. The molecule has 1 heterocycles. The molecule has 1 N–H and O–H groups in total. The molecule has 29 heavy (non-hydrogen) atoms. The highest BCUT2D eigenvalue weighted by Crippen LogP contribution is 2.15. The summed E-state index contributed by atoms with van der Waals surface area (Å²) >= 11 is 0. The van der Waals surface area contributed by atoms with Gasteiger partial charge in [-0.2, -0.15) is 9.78 Å². The van der Waals surface area contributed by atoms with Crippen LogP contribution in [0.1, 0.15) is 42.4 Å². The smallest absolute Gasteiger partial charge is 0.350 e. The third-order valence-corrected chi connectivity index (χ3v) is 4.51. The molecule has 7 nitrogen and oxygen atoms in total. The molecule has 0 saturated heterocycles. The molecule has 3 aromatic rings. The lowest BCUT2D eigenvalue weighted by Crippen LogP contribution is -2.47. The van der Waals surface area contributed by atoms with Crippen LogP contribution >= 0.6 is 0 Å². The van der Waals surface area contributed by atoms with Crippen LogP contribution in [0.3, 0.4) is 0 Å². The highest BCUT2D eigenvalue weighted by Gasteiger charge is 2.24. The molecule has 1 atom stereocenters. The van der Waals surface area contributed by atoms with Crippen molar-refractivity contribution < 1.29 is 9.18 Å². The number of carbonyl (C=O) groups is 1. The van der Waals surface area contributed by atoms with Gasteiger partial charge in [-0.3, -0.25) is 9.59 Å². The van der Waals surface area contributed by atoms with E-state index < -0.39 is 34.7 Å². The lowest BCUT2D eigenvalue weighted by atomic mass is 10.1. The molecule has 3 rings (SSSR count). The van der Waals surface area contributed by atoms with Gasteiger partial charge in [-0.15, -0.1) is 0 Å². The van der Waals surface area contributed by atoms with E-state index in [1.54, 1.807) is 37.3 Å². The molecule has 0 radical (unpaired) electrons. The van der Waals surface area contributed by atoms with E-state index in [2.05, 4.69) is 10.4 Å². The minimum absolute atomic E-state index is 0.143. The Bertz CT molecular complexity index is 1140. The minimum atomic E-state index is -0.830. The predicted octanol–water partition coefficient (Wildman–Crippen LogP) is 2.28. The van der Waals surface area contributed by atoms with Crippen molar-refractivity contribution in [3.63, 3.8) is 0 Å². The van der Waals surface area contributed by atoms with Gasteiger partial charge in [-0.1, -0.05) is 49.4 Å². The highest BCUT2D eigenvalue weighted by atomic mass is 19.1. The lowest BCUT2D eigenvalue weighted by molar-refractivity contribution is 0.0943. The second kappa shape index (κ2) is 8.64. The van der Waals surface area contributed by atoms with Crippen LogP contribution in [0.5, 0.6) is 0 Å². The van der Waals surface area contributed by atoms with Gasteiger partial charge in [0.05, 0.1) is 6.04 Å². The van der Waals surface area contributed by atoms with Gasteiger partial charge in [-0.25, -0.2) is 13.8 Å².